The van der Waals surface area contributed by atoms with Gasteiger partial charge in [0.25, 0.3) is 0 Å². The third kappa shape index (κ3) is 1.71. The summed E-state index contributed by atoms with van der Waals surface area (Å²) in [6.45, 7) is -0.408. The molecule has 0 bridgehead atoms. The average molecular weight is 199 g/mol. The number of ether oxygens (including phenoxy) is 1. The first-order chi connectivity index (χ1) is 5.57. The van der Waals surface area contributed by atoms with E-state index < -0.39 is 36.6 Å². The van der Waals surface area contributed by atoms with Crippen LogP contribution in [-0.4, -0.2) is 57.0 Å². The summed E-state index contributed by atoms with van der Waals surface area (Å²) < 4.78 is 4.69. The summed E-state index contributed by atoms with van der Waals surface area (Å²) in [5.41, 5.74) is 0. The Bertz CT molecular complexity index is 150. The van der Waals surface area contributed by atoms with Gasteiger partial charge in [-0.1, -0.05) is 0 Å². The van der Waals surface area contributed by atoms with Crippen molar-refractivity contribution in [2.45, 2.75) is 30.0 Å². The predicted octanol–water partition coefficient (Wildman–Crippen LogP) is -1.97. The summed E-state index contributed by atoms with van der Waals surface area (Å²) in [6.07, 6.45) is -5.05. The summed E-state index contributed by atoms with van der Waals surface area (Å²) in [4.78, 5) is 0. The second kappa shape index (κ2) is 3.87. The fourth-order valence-corrected chi connectivity index (χ4v) is 1.34. The van der Waals surface area contributed by atoms with Gasteiger partial charge in [0.05, 0.1) is 12.0 Å². The molecule has 0 amide bonds. The van der Waals surface area contributed by atoms with Crippen molar-refractivity contribution < 1.29 is 25.2 Å². The van der Waals surface area contributed by atoms with Gasteiger partial charge in [0.15, 0.2) is 6.29 Å². The molecule has 1 fully saturated rings. The Balaban J connectivity index is 2.63. The van der Waals surface area contributed by atoms with E-state index in [9.17, 15) is 5.11 Å². The van der Waals surface area contributed by atoms with Crippen LogP contribution in [0.5, 0.6) is 0 Å². The zero-order chi connectivity index (χ0) is 9.30. The first-order valence-corrected chi connectivity index (χ1v) is 3.96. The molecule has 0 spiro atoms. The Morgan fingerprint density at radius 3 is 2.25 bits per heavy atom. The van der Waals surface area contributed by atoms with Gasteiger partial charge in [0.2, 0.25) is 0 Å². The maximum atomic E-state index is 9.19. The van der Waals surface area contributed by atoms with Crippen molar-refractivity contribution in [3.8, 4) is 0 Å². The molecule has 0 aromatic rings. The zero-order valence-corrected chi connectivity index (χ0v) is 6.92. The van der Waals surface area contributed by atoms with Crippen LogP contribution in [-0.2, 0) is 4.74 Å². The molecule has 0 aromatic carbocycles. The maximum absolute atomic E-state index is 9.19. The Hall–Kier alpha value is 0.0900. The van der Waals surface area contributed by atoms with Crippen LogP contribution in [0.4, 0.5) is 0 Å². The topological polar surface area (TPSA) is 90.2 Å². The van der Waals surface area contributed by atoms with E-state index >= 15 is 0 Å². The van der Waals surface area contributed by atoms with Crippen LogP contribution in [0.2, 0.25) is 0 Å². The van der Waals surface area contributed by atoms with E-state index in [0.717, 1.165) is 0 Å². The highest BCUT2D eigenvalue weighted by atomic mass is 35.5. The molecule has 1 heterocycles. The first-order valence-electron chi connectivity index (χ1n) is 3.52. The van der Waals surface area contributed by atoms with Gasteiger partial charge in [-0.3, -0.25) is 0 Å². The molecule has 1 unspecified atom stereocenters. The summed E-state index contributed by atoms with van der Waals surface area (Å²) >= 11 is 5.59. The molecule has 12 heavy (non-hydrogen) atoms. The van der Waals surface area contributed by atoms with Crippen molar-refractivity contribution in [2.24, 2.45) is 0 Å². The normalized spacial score (nSPS) is 49.2. The summed E-state index contributed by atoms with van der Waals surface area (Å²) in [5.74, 6) is 0. The van der Waals surface area contributed by atoms with Gasteiger partial charge in [0, 0.05) is 0 Å². The van der Waals surface area contributed by atoms with Gasteiger partial charge in [-0.05, 0) is 0 Å². The molecule has 1 aliphatic rings. The average Bonchev–Trinajstić information content (AvgIpc) is 2.08. The van der Waals surface area contributed by atoms with Crippen molar-refractivity contribution in [3.05, 3.63) is 0 Å². The number of hydrogen-bond acceptors (Lipinski definition) is 5. The molecule has 72 valence electrons. The van der Waals surface area contributed by atoms with Crippen LogP contribution < -0.4 is 0 Å². The summed E-state index contributed by atoms with van der Waals surface area (Å²) in [6, 6.07) is 0. The fraction of sp³-hybridized carbons (Fsp3) is 1.00. The van der Waals surface area contributed by atoms with E-state index in [2.05, 4.69) is 0 Å². The van der Waals surface area contributed by atoms with E-state index in [1.807, 2.05) is 0 Å². The summed E-state index contributed by atoms with van der Waals surface area (Å²) in [7, 11) is 0. The lowest BCUT2D eigenvalue weighted by atomic mass is 10.0. The highest BCUT2D eigenvalue weighted by Crippen LogP contribution is 2.23. The van der Waals surface area contributed by atoms with E-state index in [4.69, 9.17) is 31.7 Å². The monoisotopic (exact) mass is 198 g/mol. The van der Waals surface area contributed by atoms with Crippen LogP contribution in [0.15, 0.2) is 0 Å². The van der Waals surface area contributed by atoms with Crippen LogP contribution >= 0.6 is 11.6 Å². The van der Waals surface area contributed by atoms with Gasteiger partial charge in [-0.2, -0.15) is 0 Å². The van der Waals surface area contributed by atoms with Crippen molar-refractivity contribution in [2.75, 3.05) is 6.61 Å². The Labute approximate surface area is 74.2 Å². The molecule has 0 radical (unpaired) electrons. The fourth-order valence-electron chi connectivity index (χ4n) is 1.06. The lowest BCUT2D eigenvalue weighted by molar-refractivity contribution is -0.249. The van der Waals surface area contributed by atoms with Gasteiger partial charge < -0.3 is 25.2 Å². The number of rotatable bonds is 1. The molecule has 5 nitrogen and oxygen atoms in total. The quantitative estimate of drug-likeness (QED) is 0.367. The van der Waals surface area contributed by atoms with Crippen molar-refractivity contribution in [1.29, 1.82) is 0 Å². The number of alkyl halides is 1. The minimum Gasteiger partial charge on any atom is -0.394 e. The Morgan fingerprint density at radius 2 is 1.75 bits per heavy atom. The van der Waals surface area contributed by atoms with Crippen LogP contribution in [0.25, 0.3) is 0 Å². The van der Waals surface area contributed by atoms with Crippen molar-refractivity contribution in [3.63, 3.8) is 0 Å². The van der Waals surface area contributed by atoms with E-state index in [1.165, 1.54) is 0 Å². The zero-order valence-electron chi connectivity index (χ0n) is 6.17. The Kier molecular flexibility index (Phi) is 3.28. The highest BCUT2D eigenvalue weighted by molar-refractivity contribution is 6.21. The first kappa shape index (κ1) is 10.2. The number of aliphatic hydroxyl groups is 4. The number of hydrogen-bond donors (Lipinski definition) is 4. The number of aliphatic hydroxyl groups excluding tert-OH is 4. The number of halogens is 1. The molecule has 0 saturated carbocycles. The minimum atomic E-state index is -1.49. The lowest BCUT2D eigenvalue weighted by Crippen LogP contribution is -2.56. The molecule has 4 N–H and O–H groups in total. The molecule has 5 atom stereocenters. The molecule has 6 heteroatoms. The smallest absolute Gasteiger partial charge is 0.183 e. The van der Waals surface area contributed by atoms with Gasteiger partial charge in [-0.15, -0.1) is 11.6 Å². The van der Waals surface area contributed by atoms with Crippen molar-refractivity contribution >= 4 is 11.6 Å². The van der Waals surface area contributed by atoms with E-state index in [1.54, 1.807) is 0 Å². The highest BCUT2D eigenvalue weighted by Gasteiger charge is 2.42. The van der Waals surface area contributed by atoms with Crippen LogP contribution in [0.1, 0.15) is 0 Å². The van der Waals surface area contributed by atoms with Crippen LogP contribution in [0.3, 0.4) is 0 Å². The minimum absolute atomic E-state index is 0.408. The maximum Gasteiger partial charge on any atom is 0.183 e. The van der Waals surface area contributed by atoms with E-state index in [-0.39, 0.29) is 0 Å². The van der Waals surface area contributed by atoms with Gasteiger partial charge in [0.1, 0.15) is 18.3 Å². The van der Waals surface area contributed by atoms with Crippen molar-refractivity contribution in [1.82, 2.24) is 0 Å². The molecular formula is C6H11ClO5. The molecule has 0 aliphatic carbocycles. The van der Waals surface area contributed by atoms with Gasteiger partial charge in [-0.25, -0.2) is 0 Å². The summed E-state index contributed by atoms with van der Waals surface area (Å²) in [5, 5.41) is 35.0. The molecule has 1 aliphatic heterocycles. The molecule has 0 aromatic heterocycles. The standard InChI is InChI=1S/C6H11ClO5/c7-3-2(1-8)12-6(11)5(10)4(3)9/h2-6,8-11H,1H2/t2-,3-,4+,5-,6?/m1/s1. The third-order valence-electron chi connectivity index (χ3n) is 1.82. The SMILES string of the molecule is OC[C@H]1OC(O)[C@H](O)[C@@H](O)[C@@H]1Cl. The van der Waals surface area contributed by atoms with E-state index in [0.29, 0.717) is 0 Å². The largest absolute Gasteiger partial charge is 0.394 e. The second-order valence-corrected chi connectivity index (χ2v) is 3.18. The van der Waals surface area contributed by atoms with Gasteiger partial charge >= 0.3 is 0 Å². The molecular weight excluding hydrogens is 188 g/mol. The van der Waals surface area contributed by atoms with Crippen LogP contribution in [0, 0.1) is 0 Å². The predicted molar refractivity (Wildman–Crippen MR) is 39.6 cm³/mol. The lowest BCUT2D eigenvalue weighted by Gasteiger charge is -2.37. The Morgan fingerprint density at radius 1 is 1.17 bits per heavy atom. The molecule has 1 rings (SSSR count). The molecule has 1 saturated heterocycles. The second-order valence-electron chi connectivity index (χ2n) is 2.67. The third-order valence-corrected chi connectivity index (χ3v) is 2.36.